The van der Waals surface area contributed by atoms with E-state index in [1.807, 2.05) is 6.07 Å². The van der Waals surface area contributed by atoms with Crippen molar-refractivity contribution < 1.29 is 18.9 Å². The average molecular weight is 232 g/mol. The average Bonchev–Trinajstić information content (AvgIpc) is 2.44. The first-order valence-electron chi connectivity index (χ1n) is 5.98. The Morgan fingerprint density at radius 2 is 1.26 bits per heavy atom. The van der Waals surface area contributed by atoms with E-state index in [1.165, 1.54) is 26.9 Å². The normalized spacial score (nSPS) is 10.7. The van der Waals surface area contributed by atoms with Gasteiger partial charge in [-0.15, -0.1) is 11.6 Å². The third-order valence-corrected chi connectivity index (χ3v) is 3.66. The van der Waals surface area contributed by atoms with Crippen LogP contribution in [-0.4, -0.2) is 0 Å². The van der Waals surface area contributed by atoms with E-state index in [0.29, 0.717) is 0 Å². The van der Waals surface area contributed by atoms with Crippen LogP contribution in [0.5, 0.6) is 0 Å². The fourth-order valence-electron chi connectivity index (χ4n) is 2.84. The summed E-state index contributed by atoms with van der Waals surface area (Å²) in [5.41, 5.74) is 0.862. The smallest absolute Gasteiger partial charge is 0.366 e. The maximum Gasteiger partial charge on any atom is 1.00 e. The molecule has 0 nitrogen and oxygen atoms in total. The van der Waals surface area contributed by atoms with E-state index in [2.05, 4.69) is 54.5 Å². The van der Waals surface area contributed by atoms with Gasteiger partial charge in [0.1, 0.15) is 0 Å². The van der Waals surface area contributed by atoms with Gasteiger partial charge >= 0.3 is 18.9 Å². The van der Waals surface area contributed by atoms with E-state index in [-0.39, 0.29) is 18.9 Å². The van der Waals surface area contributed by atoms with Gasteiger partial charge in [0, 0.05) is 0 Å². The van der Waals surface area contributed by atoms with Crippen LogP contribution in [0.2, 0.25) is 0 Å². The maximum absolute atomic E-state index is 7.41. The molecule has 0 fully saturated rings. The van der Waals surface area contributed by atoms with Crippen molar-refractivity contribution in [1.29, 1.82) is 0 Å². The first kappa shape index (κ1) is 12.1. The standard InChI is InChI=1S/C18H9.Li/c1-2-12-6-7-15-9-8-13-4-3-5-14-10-11-16(12)18(15)17(13)14;/h3-11H;/q-1;+1. The summed E-state index contributed by atoms with van der Waals surface area (Å²) in [4.78, 5) is 0. The molecule has 0 aliphatic rings. The van der Waals surface area contributed by atoms with Gasteiger partial charge in [-0.25, -0.2) is 0 Å². The molecule has 0 spiro atoms. The topological polar surface area (TPSA) is 0 Å². The Hall–Kier alpha value is -1.92. The first-order chi connectivity index (χ1) is 8.88. The fourth-order valence-corrected chi connectivity index (χ4v) is 2.84. The molecule has 0 N–H and O–H groups in total. The van der Waals surface area contributed by atoms with Gasteiger partial charge in [-0.2, -0.15) is 0 Å². The Morgan fingerprint density at radius 1 is 0.684 bits per heavy atom. The minimum atomic E-state index is 0. The molecule has 0 radical (unpaired) electrons. The largest absolute Gasteiger partial charge is 1.00 e. The van der Waals surface area contributed by atoms with E-state index in [9.17, 15) is 0 Å². The molecule has 0 aromatic heterocycles. The Labute approximate surface area is 123 Å². The number of benzene rings is 4. The summed E-state index contributed by atoms with van der Waals surface area (Å²) >= 11 is 0. The Morgan fingerprint density at radius 3 is 1.95 bits per heavy atom. The monoisotopic (exact) mass is 232 g/mol. The molecule has 4 aromatic carbocycles. The first-order valence-corrected chi connectivity index (χ1v) is 5.98. The van der Waals surface area contributed by atoms with Gasteiger partial charge in [0.25, 0.3) is 0 Å². The van der Waals surface area contributed by atoms with Gasteiger partial charge < -0.3 is 6.42 Å². The van der Waals surface area contributed by atoms with Crippen molar-refractivity contribution in [1.82, 2.24) is 0 Å². The second-order valence-corrected chi connectivity index (χ2v) is 4.59. The van der Waals surface area contributed by atoms with Crippen LogP contribution in [0, 0.1) is 12.3 Å². The molecule has 0 unspecified atom stereocenters. The molecular formula is C18H9Li. The van der Waals surface area contributed by atoms with Crippen molar-refractivity contribution >= 4 is 32.3 Å². The van der Waals surface area contributed by atoms with Crippen LogP contribution >= 0.6 is 0 Å². The van der Waals surface area contributed by atoms with E-state index in [1.54, 1.807) is 0 Å². The molecule has 1 heteroatoms. The van der Waals surface area contributed by atoms with Gasteiger partial charge in [0.2, 0.25) is 0 Å². The second kappa shape index (κ2) is 4.32. The molecule has 0 saturated carbocycles. The summed E-state index contributed by atoms with van der Waals surface area (Å²) in [6, 6.07) is 19.0. The van der Waals surface area contributed by atoms with E-state index in [4.69, 9.17) is 6.42 Å². The predicted molar refractivity (Wildman–Crippen MR) is 76.4 cm³/mol. The minimum Gasteiger partial charge on any atom is -0.366 e. The zero-order chi connectivity index (χ0) is 12.1. The zero-order valence-electron chi connectivity index (χ0n) is 10.7. The van der Waals surface area contributed by atoms with Gasteiger partial charge in [-0.1, -0.05) is 53.9 Å². The van der Waals surface area contributed by atoms with E-state index in [0.717, 1.165) is 10.9 Å². The third-order valence-electron chi connectivity index (χ3n) is 3.66. The minimum absolute atomic E-state index is 0. The van der Waals surface area contributed by atoms with Crippen LogP contribution in [0.4, 0.5) is 0 Å². The van der Waals surface area contributed by atoms with Crippen LogP contribution in [0.25, 0.3) is 32.3 Å². The van der Waals surface area contributed by atoms with E-state index >= 15 is 0 Å². The van der Waals surface area contributed by atoms with Crippen molar-refractivity contribution in [3.63, 3.8) is 0 Å². The number of hydrogen-bond donors (Lipinski definition) is 0. The third kappa shape index (κ3) is 1.57. The van der Waals surface area contributed by atoms with Crippen molar-refractivity contribution in [2.24, 2.45) is 0 Å². The van der Waals surface area contributed by atoms with Crippen LogP contribution in [0.1, 0.15) is 5.56 Å². The molecule has 0 heterocycles. The van der Waals surface area contributed by atoms with Gasteiger partial charge in [-0.05, 0) is 26.9 Å². The molecule has 0 saturated heterocycles. The SMILES string of the molecule is [C-]#Cc1ccc2ccc3cccc4ccc1c2c34.[Li+]. The Kier molecular flexibility index (Phi) is 2.76. The van der Waals surface area contributed by atoms with Crippen LogP contribution in [-0.2, 0) is 0 Å². The Bertz CT molecular complexity index is 913. The molecule has 0 amide bonds. The molecule has 0 aliphatic carbocycles. The summed E-state index contributed by atoms with van der Waals surface area (Å²) in [6.07, 6.45) is 7.41. The number of hydrogen-bond acceptors (Lipinski definition) is 0. The predicted octanol–water partition coefficient (Wildman–Crippen LogP) is 1.53. The molecular weight excluding hydrogens is 223 g/mol. The van der Waals surface area contributed by atoms with Gasteiger partial charge in [0.15, 0.2) is 0 Å². The maximum atomic E-state index is 7.41. The van der Waals surface area contributed by atoms with Gasteiger partial charge in [-0.3, -0.25) is 5.92 Å². The summed E-state index contributed by atoms with van der Waals surface area (Å²) < 4.78 is 0. The molecule has 0 atom stereocenters. The van der Waals surface area contributed by atoms with Crippen molar-refractivity contribution in [2.75, 3.05) is 0 Å². The van der Waals surface area contributed by atoms with Crippen LogP contribution in [0.3, 0.4) is 0 Å². The van der Waals surface area contributed by atoms with Gasteiger partial charge in [0.05, 0.1) is 0 Å². The number of rotatable bonds is 0. The van der Waals surface area contributed by atoms with Crippen LogP contribution in [0.15, 0.2) is 54.6 Å². The van der Waals surface area contributed by atoms with Crippen molar-refractivity contribution in [3.8, 4) is 5.92 Å². The summed E-state index contributed by atoms with van der Waals surface area (Å²) in [7, 11) is 0. The van der Waals surface area contributed by atoms with Crippen molar-refractivity contribution in [2.45, 2.75) is 0 Å². The quantitative estimate of drug-likeness (QED) is 0.187. The summed E-state index contributed by atoms with van der Waals surface area (Å²) in [6.45, 7) is 0. The fraction of sp³-hybridized carbons (Fsp3) is 0. The Balaban J connectivity index is 0.00000110. The zero-order valence-corrected chi connectivity index (χ0v) is 10.7. The summed E-state index contributed by atoms with van der Waals surface area (Å²) in [5, 5.41) is 7.41. The second-order valence-electron chi connectivity index (χ2n) is 4.59. The van der Waals surface area contributed by atoms with Crippen LogP contribution < -0.4 is 18.9 Å². The molecule has 0 aliphatic heterocycles. The molecule has 4 rings (SSSR count). The molecule has 4 aromatic rings. The summed E-state index contributed by atoms with van der Waals surface area (Å²) in [5.74, 6) is 2.53. The molecule has 82 valence electrons. The molecule has 0 bridgehead atoms. The van der Waals surface area contributed by atoms with E-state index < -0.39 is 0 Å². The van der Waals surface area contributed by atoms with Crippen molar-refractivity contribution in [3.05, 3.63) is 66.6 Å². The molecule has 19 heavy (non-hydrogen) atoms.